The lowest BCUT2D eigenvalue weighted by molar-refractivity contribution is -0.708. The molecule has 15 heavy (non-hydrogen) atoms. The largest absolute Gasteiger partial charge is 0.569 e. The minimum atomic E-state index is 0.167. The Morgan fingerprint density at radius 2 is 1.60 bits per heavy atom. The molecule has 0 bridgehead atoms. The highest BCUT2D eigenvalue weighted by Gasteiger charge is 2.04. The molecule has 1 rings (SSSR count). The van der Waals surface area contributed by atoms with Crippen LogP contribution in [-0.4, -0.2) is 54.5 Å². The second kappa shape index (κ2) is 9.47. The highest BCUT2D eigenvalue weighted by molar-refractivity contribution is 4.59. The monoisotopic (exact) mass is 219 g/mol. The summed E-state index contributed by atoms with van der Waals surface area (Å²) >= 11 is 0. The normalized spacial score (nSPS) is 16.5. The van der Waals surface area contributed by atoms with Gasteiger partial charge in [0.15, 0.2) is 0 Å². The molecule has 0 aromatic rings. The Kier molecular flexibility index (Phi) is 8.79. The number of nitrogens with one attached hydrogen (secondary N) is 2. The topological polar surface area (TPSA) is 86.0 Å². The minimum Gasteiger partial charge on any atom is -0.569 e. The maximum atomic E-state index is 10.4. The van der Waals surface area contributed by atoms with Crippen LogP contribution in [0.1, 0.15) is 13.8 Å². The molecule has 1 heterocycles. The summed E-state index contributed by atoms with van der Waals surface area (Å²) < 4.78 is 0. The van der Waals surface area contributed by atoms with E-state index in [9.17, 15) is 5.21 Å². The third kappa shape index (κ3) is 6.92. The van der Waals surface area contributed by atoms with Crippen molar-refractivity contribution in [2.24, 2.45) is 5.28 Å². The first-order chi connectivity index (χ1) is 7.26. The van der Waals surface area contributed by atoms with Gasteiger partial charge in [0.1, 0.15) is 0 Å². The first kappa shape index (κ1) is 13.9. The molecule has 0 aliphatic carbocycles. The predicted molar refractivity (Wildman–Crippen MR) is 56.5 cm³/mol. The lowest BCUT2D eigenvalue weighted by Crippen LogP contribution is -2.39. The van der Waals surface area contributed by atoms with Crippen molar-refractivity contribution < 1.29 is 10.2 Å². The van der Waals surface area contributed by atoms with Gasteiger partial charge in [-0.15, -0.1) is 5.01 Å². The molecule has 0 atom stereocenters. The smallest absolute Gasteiger partial charge is 0.230 e. The van der Waals surface area contributed by atoms with Gasteiger partial charge in [0.05, 0.1) is 18.1 Å². The molecule has 3 N–H and O–H groups in total. The number of hydrazine groups is 1. The summed E-state index contributed by atoms with van der Waals surface area (Å²) in [5, 5.41) is 28.6. The molecule has 7 heteroatoms. The molecule has 1 aliphatic rings. The average Bonchev–Trinajstić information content (AvgIpc) is 2.33. The van der Waals surface area contributed by atoms with Gasteiger partial charge in [0.25, 0.3) is 0 Å². The molecule has 90 valence electrons. The Balaban J connectivity index is 0.000000280. The molecular formula is C8H21N5O2. The lowest BCUT2D eigenvalue weighted by Gasteiger charge is -2.11. The van der Waals surface area contributed by atoms with E-state index in [1.54, 1.807) is 13.8 Å². The van der Waals surface area contributed by atoms with Gasteiger partial charge in [-0.05, 0) is 13.8 Å². The molecule has 0 unspecified atom stereocenters. The number of hydrogen-bond donors (Lipinski definition) is 3. The maximum absolute atomic E-state index is 10.4. The SMILES string of the molecule is C1CNCCN1.CCN(CC)/[N+]([O-])=N/O. The average molecular weight is 219 g/mol. The molecular weight excluding hydrogens is 198 g/mol. The fraction of sp³-hybridized carbons (Fsp3) is 1.00. The molecule has 1 saturated heterocycles. The van der Waals surface area contributed by atoms with Crippen LogP contribution in [-0.2, 0) is 0 Å². The van der Waals surface area contributed by atoms with E-state index < -0.39 is 0 Å². The molecule has 1 aliphatic heterocycles. The van der Waals surface area contributed by atoms with Gasteiger partial charge in [0, 0.05) is 26.2 Å². The van der Waals surface area contributed by atoms with E-state index in [1.165, 1.54) is 5.01 Å². The van der Waals surface area contributed by atoms with Gasteiger partial charge < -0.3 is 21.0 Å². The van der Waals surface area contributed by atoms with Gasteiger partial charge in [-0.2, -0.15) is 0 Å². The third-order valence-corrected chi connectivity index (χ3v) is 2.01. The van der Waals surface area contributed by atoms with Gasteiger partial charge in [-0.3, -0.25) is 0 Å². The molecule has 1 fully saturated rings. The van der Waals surface area contributed by atoms with Gasteiger partial charge in [-0.1, -0.05) is 0 Å². The van der Waals surface area contributed by atoms with Crippen molar-refractivity contribution in [3.63, 3.8) is 0 Å². The van der Waals surface area contributed by atoms with Crippen LogP contribution in [0.25, 0.3) is 0 Å². The Morgan fingerprint density at radius 3 is 1.73 bits per heavy atom. The summed E-state index contributed by atoms with van der Waals surface area (Å²) in [5.41, 5.74) is 0. The zero-order valence-electron chi connectivity index (χ0n) is 9.44. The van der Waals surface area contributed by atoms with Crippen molar-refractivity contribution in [3.8, 4) is 0 Å². The molecule has 0 saturated carbocycles. The van der Waals surface area contributed by atoms with Crippen molar-refractivity contribution in [2.75, 3.05) is 39.3 Å². The first-order valence-corrected chi connectivity index (χ1v) is 5.24. The van der Waals surface area contributed by atoms with E-state index in [2.05, 4.69) is 15.9 Å². The van der Waals surface area contributed by atoms with E-state index in [0.717, 1.165) is 26.2 Å². The van der Waals surface area contributed by atoms with Crippen LogP contribution in [0.5, 0.6) is 0 Å². The Hall–Kier alpha value is -1.08. The van der Waals surface area contributed by atoms with Crippen molar-refractivity contribution in [1.29, 1.82) is 0 Å². The summed E-state index contributed by atoms with van der Waals surface area (Å²) in [7, 11) is 0. The van der Waals surface area contributed by atoms with Crippen LogP contribution in [0.3, 0.4) is 0 Å². The zero-order valence-corrected chi connectivity index (χ0v) is 9.44. The van der Waals surface area contributed by atoms with Crippen LogP contribution in [0, 0.1) is 5.21 Å². The van der Waals surface area contributed by atoms with E-state index in [0.29, 0.717) is 13.1 Å². The number of rotatable bonds is 3. The van der Waals surface area contributed by atoms with E-state index in [1.807, 2.05) is 0 Å². The molecule has 0 aromatic heterocycles. The molecule has 0 aromatic carbocycles. The van der Waals surface area contributed by atoms with Crippen LogP contribution >= 0.6 is 0 Å². The molecule has 0 amide bonds. The fourth-order valence-electron chi connectivity index (χ4n) is 1.13. The highest BCUT2D eigenvalue weighted by atomic mass is 16.6. The lowest BCUT2D eigenvalue weighted by atomic mass is 10.4. The summed E-state index contributed by atoms with van der Waals surface area (Å²) in [5.74, 6) is 0. The highest BCUT2D eigenvalue weighted by Crippen LogP contribution is 1.86. The zero-order chi connectivity index (χ0) is 11.5. The second-order valence-electron chi connectivity index (χ2n) is 2.98. The summed E-state index contributed by atoms with van der Waals surface area (Å²) in [4.78, 5) is 0.167. The Bertz CT molecular complexity index is 157. The number of hydrogen-bond acceptors (Lipinski definition) is 4. The summed E-state index contributed by atoms with van der Waals surface area (Å²) in [6.07, 6.45) is 0. The van der Waals surface area contributed by atoms with E-state index in [-0.39, 0.29) is 4.97 Å². The van der Waals surface area contributed by atoms with Crippen LogP contribution in [0.15, 0.2) is 5.28 Å². The summed E-state index contributed by atoms with van der Waals surface area (Å²) in [6.45, 7) is 9.26. The number of piperazine rings is 1. The van der Waals surface area contributed by atoms with Gasteiger partial charge >= 0.3 is 0 Å². The van der Waals surface area contributed by atoms with Crippen LogP contribution in [0.2, 0.25) is 0 Å². The van der Waals surface area contributed by atoms with Crippen molar-refractivity contribution in [3.05, 3.63) is 5.21 Å². The quantitative estimate of drug-likeness (QED) is 0.347. The van der Waals surface area contributed by atoms with Crippen molar-refractivity contribution in [1.82, 2.24) is 15.6 Å². The van der Waals surface area contributed by atoms with Gasteiger partial charge in [-0.25, -0.2) is 0 Å². The maximum Gasteiger partial charge on any atom is 0.230 e. The molecule has 0 spiro atoms. The standard InChI is InChI=1S/C4H11N3O2.C4H10N2/c1-3-6(4-2)7(9)5-8;1-2-6-4-3-5-1/h8H,3-4H2,1-2H3;5-6H,1-4H2/b7-5-;. The van der Waals surface area contributed by atoms with Crippen LogP contribution < -0.4 is 10.6 Å². The van der Waals surface area contributed by atoms with Crippen molar-refractivity contribution in [2.45, 2.75) is 13.8 Å². The van der Waals surface area contributed by atoms with Crippen LogP contribution in [0.4, 0.5) is 0 Å². The molecule has 7 nitrogen and oxygen atoms in total. The Morgan fingerprint density at radius 1 is 1.20 bits per heavy atom. The van der Waals surface area contributed by atoms with E-state index in [4.69, 9.17) is 5.21 Å². The Labute approximate surface area is 90.3 Å². The second-order valence-corrected chi connectivity index (χ2v) is 2.98. The summed E-state index contributed by atoms with van der Waals surface area (Å²) in [6, 6.07) is 0. The third-order valence-electron chi connectivity index (χ3n) is 2.01. The predicted octanol–water partition coefficient (Wildman–Crippen LogP) is -0.226. The van der Waals surface area contributed by atoms with E-state index >= 15 is 0 Å². The van der Waals surface area contributed by atoms with Gasteiger partial charge in [0.2, 0.25) is 5.28 Å². The molecule has 0 radical (unpaired) electrons. The first-order valence-electron chi connectivity index (χ1n) is 5.24. The van der Waals surface area contributed by atoms with Crippen molar-refractivity contribution >= 4 is 0 Å². The number of nitrogens with zero attached hydrogens (tertiary/aromatic N) is 3. The fourth-order valence-corrected chi connectivity index (χ4v) is 1.13. The minimum absolute atomic E-state index is 0.167.